The Hall–Kier alpha value is -0.640. The van der Waals surface area contributed by atoms with E-state index in [9.17, 15) is 4.79 Å². The third-order valence-corrected chi connectivity index (χ3v) is 2.86. The van der Waals surface area contributed by atoms with E-state index in [1.165, 1.54) is 0 Å². The Morgan fingerprint density at radius 1 is 1.56 bits per heavy atom. The zero-order valence-corrected chi connectivity index (χ0v) is 11.5. The standard InChI is InChI=1S/C12H21NO2S/c1-11(2,3)15-9(14)6-8-7-12(4,5)13-10(8)16/h8H,6-7H2,1-5H3,(H,13,16). The summed E-state index contributed by atoms with van der Waals surface area (Å²) in [7, 11) is 0. The number of hydrogen-bond donors (Lipinski definition) is 1. The van der Waals surface area contributed by atoms with Crippen LogP contribution in [0.1, 0.15) is 47.5 Å². The van der Waals surface area contributed by atoms with Crippen LogP contribution < -0.4 is 5.32 Å². The number of ether oxygens (including phenoxy) is 1. The summed E-state index contributed by atoms with van der Waals surface area (Å²) in [6, 6.07) is 0. The SMILES string of the molecule is CC1(C)CC(CC(=O)OC(C)(C)C)C(=S)N1. The predicted molar refractivity (Wildman–Crippen MR) is 68.4 cm³/mol. The first-order valence-electron chi connectivity index (χ1n) is 5.63. The molecule has 0 aromatic carbocycles. The molecule has 1 N–H and O–H groups in total. The van der Waals surface area contributed by atoms with Crippen LogP contribution in [0.5, 0.6) is 0 Å². The molecule has 0 aromatic heterocycles. The zero-order valence-electron chi connectivity index (χ0n) is 10.7. The molecule has 1 fully saturated rings. The van der Waals surface area contributed by atoms with Gasteiger partial charge in [0, 0.05) is 11.5 Å². The van der Waals surface area contributed by atoms with Crippen molar-refractivity contribution in [2.24, 2.45) is 5.92 Å². The van der Waals surface area contributed by atoms with Gasteiger partial charge in [0.15, 0.2) is 0 Å². The van der Waals surface area contributed by atoms with Gasteiger partial charge in [-0.05, 0) is 41.0 Å². The average molecular weight is 243 g/mol. The molecular weight excluding hydrogens is 222 g/mol. The van der Waals surface area contributed by atoms with Gasteiger partial charge >= 0.3 is 5.97 Å². The van der Waals surface area contributed by atoms with Gasteiger partial charge < -0.3 is 10.1 Å². The topological polar surface area (TPSA) is 38.3 Å². The van der Waals surface area contributed by atoms with Crippen molar-refractivity contribution in [2.75, 3.05) is 0 Å². The lowest BCUT2D eigenvalue weighted by Crippen LogP contribution is -2.34. The Balaban J connectivity index is 2.50. The van der Waals surface area contributed by atoms with Crippen LogP contribution >= 0.6 is 12.2 Å². The highest BCUT2D eigenvalue weighted by Crippen LogP contribution is 2.28. The van der Waals surface area contributed by atoms with Gasteiger partial charge in [0.05, 0.1) is 11.4 Å². The normalized spacial score (nSPS) is 24.1. The van der Waals surface area contributed by atoms with E-state index in [4.69, 9.17) is 17.0 Å². The fourth-order valence-corrected chi connectivity index (χ4v) is 2.39. The number of rotatable bonds is 2. The van der Waals surface area contributed by atoms with E-state index < -0.39 is 5.60 Å². The average Bonchev–Trinajstić information content (AvgIpc) is 2.19. The fourth-order valence-electron chi connectivity index (χ4n) is 1.94. The molecule has 1 unspecified atom stereocenters. The Morgan fingerprint density at radius 2 is 2.12 bits per heavy atom. The molecule has 0 radical (unpaired) electrons. The molecule has 3 nitrogen and oxygen atoms in total. The van der Waals surface area contributed by atoms with Crippen molar-refractivity contribution in [1.29, 1.82) is 0 Å². The van der Waals surface area contributed by atoms with Crippen molar-refractivity contribution in [3.05, 3.63) is 0 Å². The second-order valence-electron chi connectivity index (χ2n) is 6.06. The first-order valence-corrected chi connectivity index (χ1v) is 6.04. The van der Waals surface area contributed by atoms with E-state index >= 15 is 0 Å². The van der Waals surface area contributed by atoms with Crippen LogP contribution in [-0.4, -0.2) is 22.1 Å². The molecule has 0 spiro atoms. The second kappa shape index (κ2) is 4.32. The van der Waals surface area contributed by atoms with Crippen LogP contribution in [0.2, 0.25) is 0 Å². The molecule has 92 valence electrons. The third-order valence-electron chi connectivity index (χ3n) is 2.42. The lowest BCUT2D eigenvalue weighted by Gasteiger charge is -2.20. The summed E-state index contributed by atoms with van der Waals surface area (Å²) in [5.74, 6) is -0.0424. The van der Waals surface area contributed by atoms with Gasteiger partial charge in [0.2, 0.25) is 0 Å². The quantitative estimate of drug-likeness (QED) is 0.597. The predicted octanol–water partition coefficient (Wildman–Crippen LogP) is 2.43. The maximum Gasteiger partial charge on any atom is 0.307 e. The molecule has 1 aliphatic heterocycles. The number of nitrogens with one attached hydrogen (secondary N) is 1. The zero-order chi connectivity index (χ0) is 12.6. The van der Waals surface area contributed by atoms with Crippen molar-refractivity contribution in [3.8, 4) is 0 Å². The van der Waals surface area contributed by atoms with Gasteiger partial charge in [-0.1, -0.05) is 12.2 Å². The highest BCUT2D eigenvalue weighted by atomic mass is 32.1. The summed E-state index contributed by atoms with van der Waals surface area (Å²) in [6.45, 7) is 9.81. The second-order valence-corrected chi connectivity index (χ2v) is 6.50. The van der Waals surface area contributed by atoms with Crippen LogP contribution in [-0.2, 0) is 9.53 Å². The minimum absolute atomic E-state index is 0.00373. The maximum atomic E-state index is 11.7. The molecule has 0 aliphatic carbocycles. The minimum Gasteiger partial charge on any atom is -0.460 e. The Kier molecular flexibility index (Phi) is 3.62. The molecule has 1 rings (SSSR count). The van der Waals surface area contributed by atoms with E-state index in [0.29, 0.717) is 6.42 Å². The highest BCUT2D eigenvalue weighted by molar-refractivity contribution is 7.80. The van der Waals surface area contributed by atoms with Crippen molar-refractivity contribution < 1.29 is 9.53 Å². The van der Waals surface area contributed by atoms with E-state index in [1.54, 1.807) is 0 Å². The summed E-state index contributed by atoms with van der Waals surface area (Å²) in [5, 5.41) is 3.24. The summed E-state index contributed by atoms with van der Waals surface area (Å²) >= 11 is 5.23. The number of esters is 1. The number of carbonyl (C=O) groups excluding carboxylic acids is 1. The van der Waals surface area contributed by atoms with Gasteiger partial charge in [-0.2, -0.15) is 0 Å². The largest absolute Gasteiger partial charge is 0.460 e. The fraction of sp³-hybridized carbons (Fsp3) is 0.833. The van der Waals surface area contributed by atoms with Crippen molar-refractivity contribution >= 4 is 23.2 Å². The van der Waals surface area contributed by atoms with Gasteiger partial charge in [0.25, 0.3) is 0 Å². The van der Waals surface area contributed by atoms with Crippen LogP contribution in [0.3, 0.4) is 0 Å². The van der Waals surface area contributed by atoms with Gasteiger partial charge in [-0.15, -0.1) is 0 Å². The molecule has 1 atom stereocenters. The van der Waals surface area contributed by atoms with E-state index in [2.05, 4.69) is 19.2 Å². The van der Waals surface area contributed by atoms with E-state index in [-0.39, 0.29) is 17.4 Å². The minimum atomic E-state index is -0.416. The van der Waals surface area contributed by atoms with Crippen molar-refractivity contribution in [3.63, 3.8) is 0 Å². The molecule has 0 amide bonds. The van der Waals surface area contributed by atoms with Crippen molar-refractivity contribution in [1.82, 2.24) is 5.32 Å². The molecule has 16 heavy (non-hydrogen) atoms. The summed E-state index contributed by atoms with van der Waals surface area (Å²) in [6.07, 6.45) is 1.28. The van der Waals surface area contributed by atoms with Crippen molar-refractivity contribution in [2.45, 2.75) is 58.6 Å². The Bertz CT molecular complexity index is 305. The van der Waals surface area contributed by atoms with Crippen LogP contribution in [0.15, 0.2) is 0 Å². The third kappa shape index (κ3) is 4.08. The Morgan fingerprint density at radius 3 is 2.50 bits per heavy atom. The molecule has 0 saturated carbocycles. The highest BCUT2D eigenvalue weighted by Gasteiger charge is 2.36. The molecule has 0 aromatic rings. The maximum absolute atomic E-state index is 11.7. The molecular formula is C12H21NO2S. The Labute approximate surface area is 103 Å². The van der Waals surface area contributed by atoms with Gasteiger partial charge in [0.1, 0.15) is 5.60 Å². The molecule has 0 bridgehead atoms. The lowest BCUT2D eigenvalue weighted by molar-refractivity contribution is -0.155. The van der Waals surface area contributed by atoms with E-state index in [0.717, 1.165) is 11.4 Å². The molecule has 1 saturated heterocycles. The first-order chi connectivity index (χ1) is 7.09. The van der Waals surface area contributed by atoms with Crippen LogP contribution in [0.25, 0.3) is 0 Å². The van der Waals surface area contributed by atoms with Crippen LogP contribution in [0.4, 0.5) is 0 Å². The molecule has 1 heterocycles. The van der Waals surface area contributed by atoms with Gasteiger partial charge in [-0.3, -0.25) is 4.79 Å². The number of hydrogen-bond acceptors (Lipinski definition) is 3. The number of carbonyl (C=O) groups is 1. The summed E-state index contributed by atoms with van der Waals surface area (Å²) < 4.78 is 5.29. The van der Waals surface area contributed by atoms with E-state index in [1.807, 2.05) is 20.8 Å². The monoisotopic (exact) mass is 243 g/mol. The summed E-state index contributed by atoms with van der Waals surface area (Å²) in [5.41, 5.74) is -0.413. The molecule has 1 aliphatic rings. The lowest BCUT2D eigenvalue weighted by atomic mass is 9.95. The van der Waals surface area contributed by atoms with Gasteiger partial charge in [-0.25, -0.2) is 0 Å². The first kappa shape index (κ1) is 13.4. The van der Waals surface area contributed by atoms with Crippen LogP contribution in [0, 0.1) is 5.92 Å². The number of thiocarbonyl (C=S) groups is 1. The molecule has 4 heteroatoms. The summed E-state index contributed by atoms with van der Waals surface area (Å²) in [4.78, 5) is 12.4. The smallest absolute Gasteiger partial charge is 0.307 e.